The summed E-state index contributed by atoms with van der Waals surface area (Å²) in [4.78, 5) is 0. The monoisotopic (exact) mass is 640 g/mol. The van der Waals surface area contributed by atoms with Crippen LogP contribution in [0.2, 0.25) is 0 Å². The zero-order valence-corrected chi connectivity index (χ0v) is 30.6. The highest BCUT2D eigenvalue weighted by molar-refractivity contribution is 7.86. The van der Waals surface area contributed by atoms with Crippen LogP contribution >= 0.6 is 0 Å². The Labute approximate surface area is 279 Å². The highest BCUT2D eigenvalue weighted by Gasteiger charge is 2.37. The first-order valence-electron chi connectivity index (χ1n) is 18.7. The Balaban J connectivity index is 1.99. The van der Waals surface area contributed by atoms with Crippen molar-refractivity contribution in [2.24, 2.45) is 17.8 Å². The Morgan fingerprint density at radius 1 is 0.578 bits per heavy atom. The molecule has 0 aromatic heterocycles. The Bertz CT molecular complexity index is 1040. The topological polar surface area (TPSA) is 43.4 Å². The van der Waals surface area contributed by atoms with Crippen LogP contribution in [0.1, 0.15) is 161 Å². The molecule has 45 heavy (non-hydrogen) atoms. The van der Waals surface area contributed by atoms with Crippen molar-refractivity contribution in [3.63, 3.8) is 0 Å². The molecule has 2 rings (SSSR count). The molecule has 2 atom stereocenters. The Morgan fingerprint density at radius 2 is 1.02 bits per heavy atom. The van der Waals surface area contributed by atoms with E-state index >= 15 is 0 Å². The molecule has 2 aromatic carbocycles. The molecule has 0 saturated heterocycles. The van der Waals surface area contributed by atoms with Crippen molar-refractivity contribution >= 4 is 10.1 Å². The van der Waals surface area contributed by atoms with Crippen LogP contribution in [0.5, 0.6) is 0 Å². The quantitative estimate of drug-likeness (QED) is 0.0721. The number of unbranched alkanes of at least 4 members (excludes halogenated alkanes) is 10. The van der Waals surface area contributed by atoms with E-state index in [4.69, 9.17) is 4.18 Å². The van der Waals surface area contributed by atoms with Crippen molar-refractivity contribution in [3.05, 3.63) is 71.8 Å². The predicted molar refractivity (Wildman–Crippen MR) is 195 cm³/mol. The second-order valence-corrected chi connectivity index (χ2v) is 16.3. The molecule has 0 aliphatic rings. The van der Waals surface area contributed by atoms with Gasteiger partial charge in [-0.25, -0.2) is 0 Å². The van der Waals surface area contributed by atoms with Crippen molar-refractivity contribution in [1.82, 2.24) is 0 Å². The first kappa shape index (κ1) is 39.5. The summed E-state index contributed by atoms with van der Waals surface area (Å²) in [6.45, 7) is 11.8. The van der Waals surface area contributed by atoms with Crippen LogP contribution in [0.25, 0.3) is 0 Å². The van der Waals surface area contributed by atoms with Gasteiger partial charge >= 0.3 is 0 Å². The molecule has 0 bridgehead atoms. The van der Waals surface area contributed by atoms with Crippen LogP contribution in [-0.4, -0.2) is 20.8 Å². The molecule has 0 heterocycles. The molecular weight excluding hydrogens is 573 g/mol. The van der Waals surface area contributed by atoms with E-state index in [0.29, 0.717) is 12.3 Å². The second-order valence-electron chi connectivity index (χ2n) is 14.5. The number of benzene rings is 2. The van der Waals surface area contributed by atoms with Crippen LogP contribution in [0, 0.1) is 17.8 Å². The Hall–Kier alpha value is -1.65. The van der Waals surface area contributed by atoms with Gasteiger partial charge in [-0.05, 0) is 41.7 Å². The van der Waals surface area contributed by atoms with E-state index in [9.17, 15) is 8.42 Å². The molecule has 2 aromatic rings. The maximum absolute atomic E-state index is 13.2. The van der Waals surface area contributed by atoms with Gasteiger partial charge in [0.15, 0.2) is 0 Å². The van der Waals surface area contributed by atoms with Gasteiger partial charge in [0.2, 0.25) is 0 Å². The summed E-state index contributed by atoms with van der Waals surface area (Å²) in [5.74, 6) is 2.08. The van der Waals surface area contributed by atoms with Crippen molar-refractivity contribution in [2.75, 3.05) is 12.4 Å². The van der Waals surface area contributed by atoms with Crippen LogP contribution in [0.4, 0.5) is 0 Å². The molecule has 3 nitrogen and oxygen atoms in total. The van der Waals surface area contributed by atoms with Gasteiger partial charge in [0.1, 0.15) is 0 Å². The average molecular weight is 641 g/mol. The van der Waals surface area contributed by atoms with Gasteiger partial charge in [-0.1, -0.05) is 198 Å². The largest absolute Gasteiger partial charge is 0.269 e. The maximum atomic E-state index is 13.2. The van der Waals surface area contributed by atoms with Crippen LogP contribution in [-0.2, 0) is 19.7 Å². The molecule has 256 valence electrons. The zero-order chi connectivity index (χ0) is 32.8. The Morgan fingerprint density at radius 3 is 1.51 bits per heavy atom. The summed E-state index contributed by atoms with van der Waals surface area (Å²) in [6, 6.07) is 20.9. The van der Waals surface area contributed by atoms with E-state index in [-0.39, 0.29) is 12.4 Å². The molecule has 0 aliphatic heterocycles. The van der Waals surface area contributed by atoms with Crippen molar-refractivity contribution in [3.8, 4) is 0 Å². The summed E-state index contributed by atoms with van der Waals surface area (Å²) in [5.41, 5.74) is 1.75. The normalized spacial score (nSPS) is 13.7. The highest BCUT2D eigenvalue weighted by atomic mass is 32.2. The predicted octanol–water partition coefficient (Wildman–Crippen LogP) is 12.3. The average Bonchev–Trinajstić information content (AvgIpc) is 3.02. The number of rotatable bonds is 27. The minimum absolute atomic E-state index is 0.105. The van der Waals surface area contributed by atoms with Gasteiger partial charge in [-0.2, -0.15) is 8.42 Å². The smallest absolute Gasteiger partial charge is 0.267 e. The van der Waals surface area contributed by atoms with Gasteiger partial charge < -0.3 is 0 Å². The second kappa shape index (κ2) is 22.8. The third kappa shape index (κ3) is 16.7. The minimum Gasteiger partial charge on any atom is -0.269 e. The SMILES string of the molecule is CCCCCCCCCCCCCS(=O)(=O)OCC(CC(C)CCCC(C)CCCC(C)C)(c1ccccc1)c1ccccc1. The maximum Gasteiger partial charge on any atom is 0.267 e. The number of hydrogen-bond donors (Lipinski definition) is 0. The van der Waals surface area contributed by atoms with Crippen molar-refractivity contribution in [1.29, 1.82) is 0 Å². The summed E-state index contributed by atoms with van der Waals surface area (Å²) >= 11 is 0. The van der Waals surface area contributed by atoms with Crippen LogP contribution in [0.15, 0.2) is 60.7 Å². The fourth-order valence-electron chi connectivity index (χ4n) is 6.87. The molecule has 0 N–H and O–H groups in total. The molecule has 0 saturated carbocycles. The molecule has 0 amide bonds. The van der Waals surface area contributed by atoms with E-state index < -0.39 is 15.5 Å². The van der Waals surface area contributed by atoms with E-state index in [1.54, 1.807) is 0 Å². The van der Waals surface area contributed by atoms with E-state index in [1.807, 2.05) is 12.1 Å². The fraction of sp³-hybridized carbons (Fsp3) is 0.707. The van der Waals surface area contributed by atoms with Gasteiger partial charge in [0, 0.05) is 5.41 Å². The minimum atomic E-state index is -3.62. The third-order valence-corrected chi connectivity index (χ3v) is 11.0. The van der Waals surface area contributed by atoms with Gasteiger partial charge in [0.25, 0.3) is 10.1 Å². The molecule has 0 radical (unpaired) electrons. The number of hydrogen-bond acceptors (Lipinski definition) is 3. The summed E-state index contributed by atoms with van der Waals surface area (Å²) in [5, 5.41) is 0. The fourth-order valence-corrected chi connectivity index (χ4v) is 7.92. The summed E-state index contributed by atoms with van der Waals surface area (Å²) < 4.78 is 32.5. The van der Waals surface area contributed by atoms with Gasteiger partial charge in [-0.15, -0.1) is 0 Å². The Kier molecular flexibility index (Phi) is 20.0. The van der Waals surface area contributed by atoms with Crippen LogP contribution < -0.4 is 0 Å². The lowest BCUT2D eigenvalue weighted by Crippen LogP contribution is -2.36. The summed E-state index contributed by atoms with van der Waals surface area (Å²) in [7, 11) is -3.62. The molecule has 2 unspecified atom stereocenters. The molecule has 0 fully saturated rings. The van der Waals surface area contributed by atoms with E-state index in [0.717, 1.165) is 48.6 Å². The third-order valence-electron chi connectivity index (χ3n) is 9.70. The lowest BCUT2D eigenvalue weighted by atomic mass is 9.69. The lowest BCUT2D eigenvalue weighted by molar-refractivity contribution is 0.215. The molecular formula is C41H68O3S. The highest BCUT2D eigenvalue weighted by Crippen LogP contribution is 2.40. The van der Waals surface area contributed by atoms with Crippen molar-refractivity contribution < 1.29 is 12.6 Å². The molecule has 4 heteroatoms. The van der Waals surface area contributed by atoms with Gasteiger partial charge in [-0.3, -0.25) is 4.18 Å². The molecule has 0 aliphatic carbocycles. The van der Waals surface area contributed by atoms with E-state index in [1.165, 1.54) is 83.5 Å². The lowest BCUT2D eigenvalue weighted by Gasteiger charge is -2.37. The van der Waals surface area contributed by atoms with Gasteiger partial charge in [0.05, 0.1) is 12.4 Å². The standard InChI is InChI=1S/C41H68O3S/c1-6-7-8-9-10-11-12-13-14-15-22-33-45(42,43)44-35-41(39-29-18-16-19-30-39,40-31-20-17-21-32-40)34-38(5)28-24-27-37(4)26-23-25-36(2)3/h16-21,29-32,36-38H,6-15,22-28,33-35H2,1-5H3. The molecule has 0 spiro atoms. The first-order chi connectivity index (χ1) is 21.7. The van der Waals surface area contributed by atoms with Crippen molar-refractivity contribution in [2.45, 2.75) is 156 Å². The van der Waals surface area contributed by atoms with E-state index in [2.05, 4.69) is 83.1 Å². The first-order valence-corrected chi connectivity index (χ1v) is 20.2. The zero-order valence-electron chi connectivity index (χ0n) is 29.8. The summed E-state index contributed by atoms with van der Waals surface area (Å²) in [6.07, 6.45) is 21.6. The van der Waals surface area contributed by atoms with Crippen LogP contribution in [0.3, 0.4) is 0 Å².